The summed E-state index contributed by atoms with van der Waals surface area (Å²) in [5, 5.41) is 2.69. The number of aryl methyl sites for hydroxylation is 1. The van der Waals surface area contributed by atoms with Gasteiger partial charge < -0.3 is 10.1 Å². The molecule has 5 heteroatoms. The fourth-order valence-electron chi connectivity index (χ4n) is 1.57. The Kier molecular flexibility index (Phi) is 5.85. The maximum atomic E-state index is 11.3. The van der Waals surface area contributed by atoms with E-state index in [9.17, 15) is 9.59 Å². The normalized spacial score (nSPS) is 9.94. The minimum absolute atomic E-state index is 0.0556. The first kappa shape index (κ1) is 14.7. The third-order valence-electron chi connectivity index (χ3n) is 2.34. The molecular formula is C13H16BrNO3. The third-order valence-corrected chi connectivity index (χ3v) is 2.80. The molecule has 18 heavy (non-hydrogen) atoms. The van der Waals surface area contributed by atoms with Crippen molar-refractivity contribution in [1.82, 2.24) is 5.32 Å². The fourth-order valence-corrected chi connectivity index (χ4v) is 2.16. The zero-order valence-electron chi connectivity index (χ0n) is 10.5. The number of benzene rings is 1. The van der Waals surface area contributed by atoms with E-state index in [0.717, 1.165) is 16.3 Å². The molecular weight excluding hydrogens is 298 g/mol. The third kappa shape index (κ3) is 4.14. The van der Waals surface area contributed by atoms with Crippen molar-refractivity contribution in [3.05, 3.63) is 27.7 Å². The number of aldehydes is 1. The standard InChI is InChI=1S/C13H16BrNO3/c1-3-15-12(17)4-5-18-13-9(2)6-11(14)7-10(13)8-16/h6-8H,3-5H2,1-2H3,(H,15,17). The second-order valence-electron chi connectivity index (χ2n) is 3.81. The number of nitrogens with one attached hydrogen (secondary N) is 1. The molecule has 0 heterocycles. The van der Waals surface area contributed by atoms with Crippen molar-refractivity contribution in [2.75, 3.05) is 13.2 Å². The van der Waals surface area contributed by atoms with Crippen LogP contribution in [0, 0.1) is 6.92 Å². The van der Waals surface area contributed by atoms with E-state index in [-0.39, 0.29) is 18.9 Å². The van der Waals surface area contributed by atoms with Crippen LogP contribution >= 0.6 is 15.9 Å². The summed E-state index contributed by atoms with van der Waals surface area (Å²) in [5.41, 5.74) is 1.35. The van der Waals surface area contributed by atoms with E-state index in [4.69, 9.17) is 4.74 Å². The summed E-state index contributed by atoms with van der Waals surface area (Å²) in [6.45, 7) is 4.59. The molecule has 0 atom stereocenters. The van der Waals surface area contributed by atoms with Gasteiger partial charge in [-0.3, -0.25) is 9.59 Å². The minimum atomic E-state index is -0.0556. The van der Waals surface area contributed by atoms with Crippen molar-refractivity contribution in [3.63, 3.8) is 0 Å². The van der Waals surface area contributed by atoms with E-state index < -0.39 is 0 Å². The first-order chi connectivity index (χ1) is 8.58. The average Bonchev–Trinajstić information content (AvgIpc) is 2.31. The number of rotatable bonds is 6. The Morgan fingerprint density at radius 3 is 2.83 bits per heavy atom. The number of halogens is 1. The Morgan fingerprint density at radius 2 is 2.22 bits per heavy atom. The molecule has 4 nitrogen and oxygen atoms in total. The molecule has 0 spiro atoms. The van der Waals surface area contributed by atoms with Crippen molar-refractivity contribution in [2.24, 2.45) is 0 Å². The summed E-state index contributed by atoms with van der Waals surface area (Å²) in [6, 6.07) is 3.57. The molecule has 1 aromatic rings. The Balaban J connectivity index is 2.67. The van der Waals surface area contributed by atoms with Gasteiger partial charge in [0.1, 0.15) is 5.75 Å². The maximum Gasteiger partial charge on any atom is 0.223 e. The van der Waals surface area contributed by atoms with Crippen LogP contribution in [-0.4, -0.2) is 25.3 Å². The monoisotopic (exact) mass is 313 g/mol. The van der Waals surface area contributed by atoms with E-state index in [0.29, 0.717) is 17.9 Å². The summed E-state index contributed by atoms with van der Waals surface area (Å²) in [5.74, 6) is 0.484. The molecule has 1 N–H and O–H groups in total. The van der Waals surface area contributed by atoms with Gasteiger partial charge in [-0.15, -0.1) is 0 Å². The molecule has 1 aromatic carbocycles. The maximum absolute atomic E-state index is 11.3. The highest BCUT2D eigenvalue weighted by atomic mass is 79.9. The zero-order chi connectivity index (χ0) is 13.5. The number of carbonyl (C=O) groups excluding carboxylic acids is 2. The molecule has 0 radical (unpaired) electrons. The smallest absolute Gasteiger partial charge is 0.223 e. The highest BCUT2D eigenvalue weighted by Crippen LogP contribution is 2.26. The predicted octanol–water partition coefficient (Wildman–Crippen LogP) is 2.48. The van der Waals surface area contributed by atoms with Crippen LogP contribution in [0.3, 0.4) is 0 Å². The molecule has 0 bridgehead atoms. The number of amides is 1. The lowest BCUT2D eigenvalue weighted by molar-refractivity contribution is -0.121. The number of hydrogen-bond donors (Lipinski definition) is 1. The van der Waals surface area contributed by atoms with E-state index >= 15 is 0 Å². The van der Waals surface area contributed by atoms with Gasteiger partial charge >= 0.3 is 0 Å². The van der Waals surface area contributed by atoms with Gasteiger partial charge in [0.25, 0.3) is 0 Å². The van der Waals surface area contributed by atoms with E-state index in [2.05, 4.69) is 21.2 Å². The van der Waals surface area contributed by atoms with Crippen LogP contribution in [0.2, 0.25) is 0 Å². The molecule has 1 rings (SSSR count). The highest BCUT2D eigenvalue weighted by Gasteiger charge is 2.09. The van der Waals surface area contributed by atoms with Crippen molar-refractivity contribution in [2.45, 2.75) is 20.3 Å². The summed E-state index contributed by atoms with van der Waals surface area (Å²) in [4.78, 5) is 22.2. The molecule has 0 aromatic heterocycles. The largest absolute Gasteiger partial charge is 0.492 e. The Labute approximate surface area is 115 Å². The minimum Gasteiger partial charge on any atom is -0.492 e. The van der Waals surface area contributed by atoms with Crippen molar-refractivity contribution in [3.8, 4) is 5.75 Å². The summed E-state index contributed by atoms with van der Waals surface area (Å²) < 4.78 is 6.35. The second-order valence-corrected chi connectivity index (χ2v) is 4.73. The van der Waals surface area contributed by atoms with Crippen LogP contribution in [0.25, 0.3) is 0 Å². The van der Waals surface area contributed by atoms with Crippen molar-refractivity contribution < 1.29 is 14.3 Å². The molecule has 1 amide bonds. The van der Waals surface area contributed by atoms with E-state index in [1.807, 2.05) is 19.9 Å². The number of ether oxygens (including phenoxy) is 1. The van der Waals surface area contributed by atoms with Crippen LogP contribution in [0.15, 0.2) is 16.6 Å². The Bertz CT molecular complexity index is 446. The lowest BCUT2D eigenvalue weighted by Gasteiger charge is -2.11. The van der Waals surface area contributed by atoms with Crippen LogP contribution in [-0.2, 0) is 4.79 Å². The van der Waals surface area contributed by atoms with Crippen molar-refractivity contribution >= 4 is 28.1 Å². The van der Waals surface area contributed by atoms with Crippen LogP contribution in [0.4, 0.5) is 0 Å². The van der Waals surface area contributed by atoms with Crippen LogP contribution in [0.1, 0.15) is 29.3 Å². The van der Waals surface area contributed by atoms with E-state index in [1.54, 1.807) is 6.07 Å². The Hall–Kier alpha value is -1.36. The fraction of sp³-hybridized carbons (Fsp3) is 0.385. The van der Waals surface area contributed by atoms with Crippen molar-refractivity contribution in [1.29, 1.82) is 0 Å². The topological polar surface area (TPSA) is 55.4 Å². The van der Waals surface area contributed by atoms with Gasteiger partial charge in [-0.05, 0) is 31.5 Å². The first-order valence-corrected chi connectivity index (χ1v) is 6.52. The molecule has 98 valence electrons. The SMILES string of the molecule is CCNC(=O)CCOc1c(C)cc(Br)cc1C=O. The molecule has 0 aliphatic rings. The lowest BCUT2D eigenvalue weighted by atomic mass is 10.1. The molecule has 0 unspecified atom stereocenters. The second kappa shape index (κ2) is 7.16. The Morgan fingerprint density at radius 1 is 1.50 bits per heavy atom. The van der Waals surface area contributed by atoms with E-state index in [1.165, 1.54) is 0 Å². The number of carbonyl (C=O) groups is 2. The van der Waals surface area contributed by atoms with Gasteiger partial charge in [0.15, 0.2) is 6.29 Å². The zero-order valence-corrected chi connectivity index (χ0v) is 12.0. The van der Waals surface area contributed by atoms with Gasteiger partial charge in [0.05, 0.1) is 18.6 Å². The van der Waals surface area contributed by atoms with Gasteiger partial charge in [-0.25, -0.2) is 0 Å². The lowest BCUT2D eigenvalue weighted by Crippen LogP contribution is -2.24. The van der Waals surface area contributed by atoms with Gasteiger partial charge in [0.2, 0.25) is 5.91 Å². The predicted molar refractivity (Wildman–Crippen MR) is 73.1 cm³/mol. The highest BCUT2D eigenvalue weighted by molar-refractivity contribution is 9.10. The first-order valence-electron chi connectivity index (χ1n) is 5.73. The van der Waals surface area contributed by atoms with Gasteiger partial charge in [-0.1, -0.05) is 15.9 Å². The molecule has 0 aliphatic carbocycles. The van der Waals surface area contributed by atoms with Gasteiger partial charge in [-0.2, -0.15) is 0 Å². The van der Waals surface area contributed by atoms with Gasteiger partial charge in [0, 0.05) is 11.0 Å². The quantitative estimate of drug-likeness (QED) is 0.821. The average molecular weight is 314 g/mol. The summed E-state index contributed by atoms with van der Waals surface area (Å²) in [7, 11) is 0. The molecule has 0 saturated heterocycles. The summed E-state index contributed by atoms with van der Waals surface area (Å²) >= 11 is 3.32. The number of hydrogen-bond acceptors (Lipinski definition) is 3. The van der Waals surface area contributed by atoms with Crippen LogP contribution < -0.4 is 10.1 Å². The molecule has 0 fully saturated rings. The van der Waals surface area contributed by atoms with Crippen LogP contribution in [0.5, 0.6) is 5.75 Å². The summed E-state index contributed by atoms with van der Waals surface area (Å²) in [6.07, 6.45) is 1.03. The molecule has 0 saturated carbocycles. The molecule has 0 aliphatic heterocycles.